The Kier molecular flexibility index (Phi) is 4.66. The minimum absolute atomic E-state index is 0.0475. The molecule has 5 heteroatoms. The zero-order chi connectivity index (χ0) is 18.1. The van der Waals surface area contributed by atoms with E-state index in [1.807, 2.05) is 13.8 Å². The third kappa shape index (κ3) is 3.45. The van der Waals surface area contributed by atoms with E-state index in [1.165, 1.54) is 5.56 Å². The number of hydrogen-bond donors (Lipinski definition) is 1. The average molecular weight is 336 g/mol. The molecule has 130 valence electrons. The van der Waals surface area contributed by atoms with Gasteiger partial charge < -0.3 is 4.98 Å². The fourth-order valence-electron chi connectivity index (χ4n) is 3.32. The lowest BCUT2D eigenvalue weighted by Crippen LogP contribution is -2.19. The molecule has 0 fully saturated rings. The maximum absolute atomic E-state index is 12.3. The Balaban J connectivity index is 2.03. The van der Waals surface area contributed by atoms with Crippen LogP contribution in [0, 0.1) is 27.7 Å². The van der Waals surface area contributed by atoms with Crippen molar-refractivity contribution in [3.8, 4) is 0 Å². The summed E-state index contributed by atoms with van der Waals surface area (Å²) >= 11 is 0. The Hall–Kier alpha value is -2.56. The number of nitrogens with one attached hydrogen (secondary N) is 1. The van der Waals surface area contributed by atoms with Crippen molar-refractivity contribution >= 4 is 10.9 Å². The molecule has 5 nitrogen and oxygen atoms in total. The first-order valence-electron chi connectivity index (χ1n) is 8.72. The predicted octanol–water partition coefficient (Wildman–Crippen LogP) is 3.49. The van der Waals surface area contributed by atoms with Crippen LogP contribution in [-0.2, 0) is 12.8 Å². The highest BCUT2D eigenvalue weighted by Crippen LogP contribution is 2.21. The quantitative estimate of drug-likeness (QED) is 0.791. The van der Waals surface area contributed by atoms with Crippen molar-refractivity contribution in [1.82, 2.24) is 19.9 Å². The van der Waals surface area contributed by atoms with Crippen LogP contribution in [0.3, 0.4) is 0 Å². The maximum Gasteiger partial charge on any atom is 0.254 e. The van der Waals surface area contributed by atoms with Gasteiger partial charge in [-0.05, 0) is 45.7 Å². The van der Waals surface area contributed by atoms with Crippen LogP contribution in [0.15, 0.2) is 16.9 Å². The summed E-state index contributed by atoms with van der Waals surface area (Å²) in [6.07, 6.45) is 2.10. The molecule has 0 amide bonds. The van der Waals surface area contributed by atoms with Gasteiger partial charge in [-0.2, -0.15) is 0 Å². The third-order valence-electron chi connectivity index (χ3n) is 4.47. The third-order valence-corrected chi connectivity index (χ3v) is 4.47. The summed E-state index contributed by atoms with van der Waals surface area (Å²) in [5, 5.41) is 1.08. The second kappa shape index (κ2) is 6.75. The Morgan fingerprint density at radius 2 is 1.76 bits per heavy atom. The fraction of sp³-hybridized carbons (Fsp3) is 0.400. The van der Waals surface area contributed by atoms with Crippen LogP contribution in [0.25, 0.3) is 10.9 Å². The number of aromatic nitrogens is 4. The lowest BCUT2D eigenvalue weighted by molar-refractivity contribution is 0.816. The van der Waals surface area contributed by atoms with E-state index >= 15 is 0 Å². The van der Waals surface area contributed by atoms with Crippen molar-refractivity contribution < 1.29 is 0 Å². The molecule has 0 saturated heterocycles. The second-order valence-corrected chi connectivity index (χ2v) is 6.71. The Bertz CT molecular complexity index is 1000. The molecule has 0 radical (unpaired) electrons. The molecule has 0 spiro atoms. The van der Waals surface area contributed by atoms with E-state index in [0.29, 0.717) is 18.1 Å². The van der Waals surface area contributed by atoms with Crippen LogP contribution in [0.5, 0.6) is 0 Å². The molecule has 3 aromatic rings. The molecule has 0 aliphatic heterocycles. The first-order chi connectivity index (χ1) is 11.9. The van der Waals surface area contributed by atoms with Gasteiger partial charge in [-0.15, -0.1) is 0 Å². The summed E-state index contributed by atoms with van der Waals surface area (Å²) in [7, 11) is 0. The molecule has 3 rings (SSSR count). The first kappa shape index (κ1) is 17.3. The smallest absolute Gasteiger partial charge is 0.254 e. The average Bonchev–Trinajstić information content (AvgIpc) is 2.52. The Morgan fingerprint density at radius 3 is 2.44 bits per heavy atom. The van der Waals surface area contributed by atoms with E-state index < -0.39 is 0 Å². The topological polar surface area (TPSA) is 71.5 Å². The van der Waals surface area contributed by atoms with Gasteiger partial charge in [-0.3, -0.25) is 4.79 Å². The maximum atomic E-state index is 12.3. The van der Waals surface area contributed by atoms with Crippen LogP contribution in [0.2, 0.25) is 0 Å². The molecule has 0 bridgehead atoms. The minimum atomic E-state index is -0.0475. The van der Waals surface area contributed by atoms with Crippen LogP contribution in [0.4, 0.5) is 0 Å². The van der Waals surface area contributed by atoms with Gasteiger partial charge in [0.2, 0.25) is 0 Å². The van der Waals surface area contributed by atoms with E-state index in [0.717, 1.165) is 46.3 Å². The minimum Gasteiger partial charge on any atom is -0.310 e. The summed E-state index contributed by atoms with van der Waals surface area (Å²) in [5.74, 6) is 1.30. The van der Waals surface area contributed by atoms with E-state index in [2.05, 4.69) is 47.9 Å². The van der Waals surface area contributed by atoms with E-state index in [9.17, 15) is 4.79 Å². The van der Waals surface area contributed by atoms with Gasteiger partial charge in [0.25, 0.3) is 5.56 Å². The molecular weight excluding hydrogens is 312 g/mol. The molecule has 0 aliphatic rings. The molecule has 25 heavy (non-hydrogen) atoms. The number of nitrogens with zero attached hydrogens (tertiary/aromatic N) is 3. The van der Waals surface area contributed by atoms with Crippen LogP contribution in [0.1, 0.15) is 53.1 Å². The second-order valence-electron chi connectivity index (χ2n) is 6.71. The van der Waals surface area contributed by atoms with Gasteiger partial charge >= 0.3 is 0 Å². The summed E-state index contributed by atoms with van der Waals surface area (Å²) < 4.78 is 0. The molecule has 2 aromatic heterocycles. The number of aryl methyl sites for hydroxylation is 4. The van der Waals surface area contributed by atoms with Crippen LogP contribution >= 0.6 is 0 Å². The zero-order valence-electron chi connectivity index (χ0n) is 15.5. The molecule has 2 heterocycles. The normalized spacial score (nSPS) is 11.2. The van der Waals surface area contributed by atoms with Crippen LogP contribution in [-0.4, -0.2) is 19.9 Å². The largest absolute Gasteiger partial charge is 0.310 e. The number of fused-ring (bicyclic) bond motifs is 1. The van der Waals surface area contributed by atoms with Crippen molar-refractivity contribution in [2.24, 2.45) is 0 Å². The highest BCUT2D eigenvalue weighted by molar-refractivity contribution is 5.84. The molecule has 1 aromatic carbocycles. The molecule has 0 saturated carbocycles. The molecule has 0 atom stereocenters. The molecular formula is C20H24N4O. The lowest BCUT2D eigenvalue weighted by Gasteiger charge is -2.10. The Morgan fingerprint density at radius 1 is 1.00 bits per heavy atom. The summed E-state index contributed by atoms with van der Waals surface area (Å²) in [6, 6.07) is 4.24. The SMILES string of the molecule is CCCc1c(C)nc(Cc2nc(C)c3cc(C)cc(C)c3n2)[nH]c1=O. The number of benzene rings is 1. The standard InChI is InChI=1S/C20H24N4O/c1-6-7-15-13(4)21-18(24-20(15)25)10-17-22-14(5)16-9-11(2)8-12(3)19(16)23-17/h8-9H,6-7,10H2,1-5H3,(H,21,24,25). The van der Waals surface area contributed by atoms with Gasteiger partial charge in [-0.1, -0.05) is 25.0 Å². The first-order valence-corrected chi connectivity index (χ1v) is 8.72. The number of hydrogen-bond acceptors (Lipinski definition) is 4. The van der Waals surface area contributed by atoms with Crippen molar-refractivity contribution in [2.75, 3.05) is 0 Å². The van der Waals surface area contributed by atoms with Crippen molar-refractivity contribution in [2.45, 2.75) is 53.9 Å². The van der Waals surface area contributed by atoms with Crippen LogP contribution < -0.4 is 5.56 Å². The summed E-state index contributed by atoms with van der Waals surface area (Å²) in [4.78, 5) is 29.1. The lowest BCUT2D eigenvalue weighted by atomic mass is 10.1. The number of aromatic amines is 1. The highest BCUT2D eigenvalue weighted by atomic mass is 16.1. The van der Waals surface area contributed by atoms with Crippen molar-refractivity contribution in [1.29, 1.82) is 0 Å². The molecule has 0 unspecified atom stereocenters. The summed E-state index contributed by atoms with van der Waals surface area (Å²) in [5.41, 5.74) is 5.78. The Labute approximate surface area is 147 Å². The zero-order valence-corrected chi connectivity index (χ0v) is 15.5. The van der Waals surface area contributed by atoms with Gasteiger partial charge in [0.1, 0.15) is 11.6 Å². The van der Waals surface area contributed by atoms with Crippen molar-refractivity contribution in [3.63, 3.8) is 0 Å². The number of H-pyrrole nitrogens is 1. The van der Waals surface area contributed by atoms with E-state index in [1.54, 1.807) is 0 Å². The van der Waals surface area contributed by atoms with Gasteiger partial charge in [0.05, 0.1) is 11.9 Å². The molecule has 0 aliphatic carbocycles. The van der Waals surface area contributed by atoms with Gasteiger partial charge in [-0.25, -0.2) is 15.0 Å². The fourth-order valence-corrected chi connectivity index (χ4v) is 3.32. The summed E-state index contributed by atoms with van der Waals surface area (Å²) in [6.45, 7) is 10.1. The van der Waals surface area contributed by atoms with Crippen molar-refractivity contribution in [3.05, 3.63) is 62.2 Å². The highest BCUT2D eigenvalue weighted by Gasteiger charge is 2.12. The van der Waals surface area contributed by atoms with E-state index in [-0.39, 0.29) is 5.56 Å². The van der Waals surface area contributed by atoms with Gasteiger partial charge in [0.15, 0.2) is 0 Å². The van der Waals surface area contributed by atoms with E-state index in [4.69, 9.17) is 4.98 Å². The predicted molar refractivity (Wildman–Crippen MR) is 100 cm³/mol. The van der Waals surface area contributed by atoms with Gasteiger partial charge in [0, 0.05) is 22.3 Å². The molecule has 1 N–H and O–H groups in total. The monoisotopic (exact) mass is 336 g/mol. The number of rotatable bonds is 4.